The summed E-state index contributed by atoms with van der Waals surface area (Å²) in [5.41, 5.74) is 2.31. The Balaban J connectivity index is 1.30. The lowest BCUT2D eigenvalue weighted by Gasteiger charge is -2.28. The van der Waals surface area contributed by atoms with Crippen LogP contribution in [-0.2, 0) is 34.0 Å². The highest BCUT2D eigenvalue weighted by molar-refractivity contribution is 5.91. The van der Waals surface area contributed by atoms with Gasteiger partial charge in [-0.25, -0.2) is 9.97 Å². The molecule has 0 bridgehead atoms. The van der Waals surface area contributed by atoms with Crippen molar-refractivity contribution in [2.75, 3.05) is 68.6 Å². The smallest absolute Gasteiger partial charge is 0.378 e. The first-order chi connectivity index (χ1) is 20.2. The molecular weight excluding hydrogens is 547 g/mol. The summed E-state index contributed by atoms with van der Waals surface area (Å²) in [5, 5.41) is 3.46. The predicted octanol–water partition coefficient (Wildman–Crippen LogP) is 4.20. The SMILES string of the molecule is CN(C)C(=O)C1(c2ccc(Nc3nc(N4CCOCC4)nc4c3CCN(c3ncccc3C(F)(F)F)CC4)cc2)CC1. The van der Waals surface area contributed by atoms with E-state index in [1.54, 1.807) is 23.9 Å². The lowest BCUT2D eigenvalue weighted by atomic mass is 9.94. The number of hydrogen-bond donors (Lipinski definition) is 1. The molecule has 1 saturated carbocycles. The first kappa shape index (κ1) is 28.2. The second kappa shape index (κ2) is 11.0. The summed E-state index contributed by atoms with van der Waals surface area (Å²) in [5.74, 6) is 1.27. The van der Waals surface area contributed by atoms with Gasteiger partial charge in [-0.2, -0.15) is 18.2 Å². The van der Waals surface area contributed by atoms with E-state index < -0.39 is 17.2 Å². The monoisotopic (exact) mass is 581 g/mol. The van der Waals surface area contributed by atoms with Gasteiger partial charge in [-0.1, -0.05) is 12.1 Å². The molecule has 0 radical (unpaired) electrons. The number of hydrogen-bond acceptors (Lipinski definition) is 8. The summed E-state index contributed by atoms with van der Waals surface area (Å²) < 4.78 is 46.9. The van der Waals surface area contributed by atoms with Gasteiger partial charge in [0.15, 0.2) is 0 Å². The van der Waals surface area contributed by atoms with Crippen molar-refractivity contribution >= 4 is 29.2 Å². The summed E-state index contributed by atoms with van der Waals surface area (Å²) in [6.45, 7) is 3.16. The molecule has 4 heterocycles. The van der Waals surface area contributed by atoms with Gasteiger partial charge in [-0.3, -0.25) is 4.79 Å². The molecule has 1 aromatic carbocycles. The van der Waals surface area contributed by atoms with Crippen LogP contribution in [0, 0.1) is 0 Å². The third-order valence-corrected chi connectivity index (χ3v) is 8.28. The van der Waals surface area contributed by atoms with Crippen LogP contribution < -0.4 is 15.1 Å². The van der Waals surface area contributed by atoms with Gasteiger partial charge in [0.2, 0.25) is 11.9 Å². The number of anilines is 4. The zero-order valence-electron chi connectivity index (χ0n) is 23.7. The Morgan fingerprint density at radius 2 is 1.69 bits per heavy atom. The minimum atomic E-state index is -4.50. The molecule has 2 fully saturated rings. The van der Waals surface area contributed by atoms with E-state index >= 15 is 0 Å². The minimum absolute atomic E-state index is 0.0643. The fourth-order valence-corrected chi connectivity index (χ4v) is 5.86. The van der Waals surface area contributed by atoms with Crippen molar-refractivity contribution < 1.29 is 22.7 Å². The summed E-state index contributed by atoms with van der Waals surface area (Å²) in [4.78, 5) is 32.1. The van der Waals surface area contributed by atoms with Gasteiger partial charge in [-0.15, -0.1) is 0 Å². The molecule has 2 aliphatic heterocycles. The number of amides is 1. The third-order valence-electron chi connectivity index (χ3n) is 8.28. The molecule has 0 spiro atoms. The van der Waals surface area contributed by atoms with Crippen LogP contribution >= 0.6 is 0 Å². The maximum absolute atomic E-state index is 13.8. The maximum atomic E-state index is 13.8. The largest absolute Gasteiger partial charge is 0.419 e. The van der Waals surface area contributed by atoms with E-state index in [9.17, 15) is 18.0 Å². The molecular formula is C30H34F3N7O2. The third kappa shape index (κ3) is 5.47. The van der Waals surface area contributed by atoms with Crippen molar-refractivity contribution in [2.45, 2.75) is 37.3 Å². The standard InChI is InChI=1S/C30H34F3N7O2/c1-38(2)27(41)29(11-12-29)20-5-7-21(8-6-20)35-25-22-9-14-39(26-23(30(31,32)33)4-3-13-34-26)15-10-24(22)36-28(37-25)40-16-18-42-19-17-40/h3-8,13H,9-12,14-19H2,1-2H3,(H,35,36,37). The highest BCUT2D eigenvalue weighted by Gasteiger charge is 2.51. The van der Waals surface area contributed by atoms with Crippen molar-refractivity contribution in [1.82, 2.24) is 19.9 Å². The molecule has 1 saturated heterocycles. The summed E-state index contributed by atoms with van der Waals surface area (Å²) in [6, 6.07) is 10.3. The summed E-state index contributed by atoms with van der Waals surface area (Å²) in [7, 11) is 3.56. The lowest BCUT2D eigenvalue weighted by molar-refractivity contribution is -0.137. The number of carbonyl (C=O) groups excluding carboxylic acids is 1. The number of halogens is 3. The first-order valence-corrected chi connectivity index (χ1v) is 14.2. The number of benzene rings is 1. The van der Waals surface area contributed by atoms with Crippen LogP contribution in [0.5, 0.6) is 0 Å². The molecule has 0 unspecified atom stereocenters. The van der Waals surface area contributed by atoms with Crippen molar-refractivity contribution in [1.29, 1.82) is 0 Å². The average Bonchev–Trinajstić information content (AvgIpc) is 3.82. The second-order valence-corrected chi connectivity index (χ2v) is 11.2. The highest BCUT2D eigenvalue weighted by Crippen LogP contribution is 2.49. The Morgan fingerprint density at radius 1 is 0.976 bits per heavy atom. The molecule has 1 aliphatic carbocycles. The maximum Gasteiger partial charge on any atom is 0.419 e. The Labute approximate surface area is 242 Å². The van der Waals surface area contributed by atoms with Gasteiger partial charge in [0, 0.05) is 64.1 Å². The van der Waals surface area contributed by atoms with Crippen molar-refractivity contribution in [2.24, 2.45) is 0 Å². The average molecular weight is 582 g/mol. The predicted molar refractivity (Wildman–Crippen MR) is 153 cm³/mol. The van der Waals surface area contributed by atoms with Gasteiger partial charge in [0.25, 0.3) is 0 Å². The molecule has 3 aromatic rings. The molecule has 42 heavy (non-hydrogen) atoms. The highest BCUT2D eigenvalue weighted by atomic mass is 19.4. The molecule has 1 amide bonds. The quantitative estimate of drug-likeness (QED) is 0.464. The van der Waals surface area contributed by atoms with Crippen LogP contribution in [0.3, 0.4) is 0 Å². The number of ether oxygens (including phenoxy) is 1. The summed E-state index contributed by atoms with van der Waals surface area (Å²) >= 11 is 0. The van der Waals surface area contributed by atoms with E-state index in [0.717, 1.165) is 41.4 Å². The van der Waals surface area contributed by atoms with Crippen molar-refractivity contribution in [3.8, 4) is 0 Å². The molecule has 2 aromatic heterocycles. The minimum Gasteiger partial charge on any atom is -0.378 e. The second-order valence-electron chi connectivity index (χ2n) is 11.2. The van der Waals surface area contributed by atoms with Gasteiger partial charge >= 0.3 is 6.18 Å². The molecule has 6 rings (SSSR count). The number of alkyl halides is 3. The van der Waals surface area contributed by atoms with Crippen LogP contribution in [0.1, 0.15) is 35.2 Å². The van der Waals surface area contributed by atoms with E-state index in [1.165, 1.54) is 12.3 Å². The van der Waals surface area contributed by atoms with E-state index in [2.05, 4.69) is 15.2 Å². The molecule has 3 aliphatic rings. The molecule has 1 N–H and O–H groups in total. The van der Waals surface area contributed by atoms with Crippen LogP contribution in [0.15, 0.2) is 42.6 Å². The van der Waals surface area contributed by atoms with Crippen molar-refractivity contribution in [3.05, 3.63) is 65.0 Å². The normalized spacial score (nSPS) is 18.2. The number of fused-ring (bicyclic) bond motifs is 1. The number of carbonyl (C=O) groups is 1. The van der Waals surface area contributed by atoms with Crippen LogP contribution in [0.2, 0.25) is 0 Å². The van der Waals surface area contributed by atoms with Crippen LogP contribution in [0.25, 0.3) is 0 Å². The Bertz CT molecular complexity index is 1450. The fourth-order valence-electron chi connectivity index (χ4n) is 5.86. The number of pyridine rings is 1. The zero-order chi connectivity index (χ0) is 29.5. The topological polar surface area (TPSA) is 86.7 Å². The number of likely N-dealkylation sites (N-methyl/N-ethyl adjacent to an activating group) is 1. The molecule has 9 nitrogen and oxygen atoms in total. The van der Waals surface area contributed by atoms with Crippen LogP contribution in [0.4, 0.5) is 36.4 Å². The Kier molecular flexibility index (Phi) is 7.42. The number of nitrogens with one attached hydrogen (secondary N) is 1. The van der Waals surface area contributed by atoms with Crippen LogP contribution in [-0.4, -0.2) is 79.2 Å². The van der Waals surface area contributed by atoms with Gasteiger partial charge in [-0.05, 0) is 49.1 Å². The molecule has 12 heteroatoms. The number of nitrogens with zero attached hydrogens (tertiary/aromatic N) is 6. The van der Waals surface area contributed by atoms with E-state index in [-0.39, 0.29) is 11.7 Å². The first-order valence-electron chi connectivity index (χ1n) is 14.2. The Morgan fingerprint density at radius 3 is 2.36 bits per heavy atom. The Hall–Kier alpha value is -3.93. The van der Waals surface area contributed by atoms with Crippen molar-refractivity contribution in [3.63, 3.8) is 0 Å². The lowest BCUT2D eigenvalue weighted by Crippen LogP contribution is -2.37. The van der Waals surface area contributed by atoms with E-state index in [1.807, 2.05) is 24.3 Å². The van der Waals surface area contributed by atoms with Gasteiger partial charge < -0.3 is 24.8 Å². The van der Waals surface area contributed by atoms with E-state index in [4.69, 9.17) is 14.7 Å². The van der Waals surface area contributed by atoms with Gasteiger partial charge in [0.05, 0.1) is 29.9 Å². The number of morpholine rings is 1. The van der Waals surface area contributed by atoms with Gasteiger partial charge in [0.1, 0.15) is 11.6 Å². The fraction of sp³-hybridized carbons (Fsp3) is 0.467. The molecule has 222 valence electrons. The molecule has 0 atom stereocenters. The summed E-state index contributed by atoms with van der Waals surface area (Å²) in [6.07, 6.45) is -0.530. The van der Waals surface area contributed by atoms with E-state index in [0.29, 0.717) is 64.0 Å². The zero-order valence-corrected chi connectivity index (χ0v) is 23.7. The number of rotatable bonds is 6. The number of aromatic nitrogens is 3.